The smallest absolute Gasteiger partial charge is 0.258 e. The third-order valence-corrected chi connectivity index (χ3v) is 4.05. The Kier molecular flexibility index (Phi) is 5.64. The van der Waals surface area contributed by atoms with Crippen LogP contribution < -0.4 is 10.1 Å². The van der Waals surface area contributed by atoms with E-state index in [1.54, 1.807) is 30.5 Å². The molecule has 3 aromatic rings. The van der Waals surface area contributed by atoms with Crippen molar-refractivity contribution in [3.63, 3.8) is 0 Å². The van der Waals surface area contributed by atoms with Crippen molar-refractivity contribution in [3.05, 3.63) is 88.3 Å². The second-order valence-electron chi connectivity index (χ2n) is 5.29. The summed E-state index contributed by atoms with van der Waals surface area (Å²) in [4.78, 5) is 12.3. The molecule has 0 saturated heterocycles. The molecule has 0 aliphatic carbocycles. The lowest BCUT2D eigenvalue weighted by atomic mass is 10.0. The Balaban J connectivity index is 1.68. The molecule has 1 heterocycles. The van der Waals surface area contributed by atoms with Gasteiger partial charge in [-0.1, -0.05) is 53.5 Å². The molecule has 128 valence electrons. The minimum Gasteiger partial charge on any atom is -0.482 e. The van der Waals surface area contributed by atoms with Gasteiger partial charge in [0, 0.05) is 5.02 Å². The number of rotatable bonds is 6. The number of furan rings is 1. The number of hydrogen-bond donors (Lipinski definition) is 1. The molecule has 1 aromatic heterocycles. The maximum atomic E-state index is 12.3. The van der Waals surface area contributed by atoms with Crippen molar-refractivity contribution in [2.45, 2.75) is 6.04 Å². The Morgan fingerprint density at radius 2 is 1.88 bits per heavy atom. The molecule has 1 N–H and O–H groups in total. The molecule has 0 bridgehead atoms. The first-order valence-corrected chi connectivity index (χ1v) is 8.34. The predicted molar refractivity (Wildman–Crippen MR) is 97.1 cm³/mol. The molecule has 0 aliphatic heterocycles. The zero-order valence-electron chi connectivity index (χ0n) is 13.1. The van der Waals surface area contributed by atoms with Crippen LogP contribution in [0.3, 0.4) is 0 Å². The SMILES string of the molecule is O=C(COc1ccc(Cl)cc1Cl)N[C@@H](c1ccccc1)c1ccco1. The van der Waals surface area contributed by atoms with Crippen LogP contribution in [0.5, 0.6) is 5.75 Å². The van der Waals surface area contributed by atoms with E-state index in [4.69, 9.17) is 32.4 Å². The lowest BCUT2D eigenvalue weighted by Gasteiger charge is -2.17. The fourth-order valence-corrected chi connectivity index (χ4v) is 2.82. The Hall–Kier alpha value is -2.43. The molecule has 4 nitrogen and oxygen atoms in total. The molecular formula is C19H15Cl2NO3. The number of benzene rings is 2. The largest absolute Gasteiger partial charge is 0.482 e. The molecule has 1 amide bonds. The first-order valence-electron chi connectivity index (χ1n) is 7.59. The molecule has 0 aliphatic rings. The first-order chi connectivity index (χ1) is 12.1. The number of nitrogens with one attached hydrogen (secondary N) is 1. The Morgan fingerprint density at radius 3 is 2.56 bits per heavy atom. The third kappa shape index (κ3) is 4.56. The van der Waals surface area contributed by atoms with Crippen LogP contribution in [0.2, 0.25) is 10.0 Å². The fourth-order valence-electron chi connectivity index (χ4n) is 2.36. The van der Waals surface area contributed by atoms with Gasteiger partial charge in [0.25, 0.3) is 5.91 Å². The molecule has 6 heteroatoms. The summed E-state index contributed by atoms with van der Waals surface area (Å²) in [5.74, 6) is 0.746. The van der Waals surface area contributed by atoms with Crippen molar-refractivity contribution >= 4 is 29.1 Å². The second-order valence-corrected chi connectivity index (χ2v) is 6.13. The number of ether oxygens (including phenoxy) is 1. The highest BCUT2D eigenvalue weighted by atomic mass is 35.5. The van der Waals surface area contributed by atoms with Gasteiger partial charge in [0.05, 0.1) is 11.3 Å². The first kappa shape index (κ1) is 17.4. The summed E-state index contributed by atoms with van der Waals surface area (Å²) < 4.78 is 10.9. The second kappa shape index (κ2) is 8.10. The molecule has 2 aromatic carbocycles. The van der Waals surface area contributed by atoms with Gasteiger partial charge in [-0.25, -0.2) is 0 Å². The van der Waals surface area contributed by atoms with E-state index in [-0.39, 0.29) is 12.5 Å². The Bertz CT molecular complexity index is 835. The Morgan fingerprint density at radius 1 is 1.08 bits per heavy atom. The molecule has 0 radical (unpaired) electrons. The lowest BCUT2D eigenvalue weighted by Crippen LogP contribution is -2.33. The van der Waals surface area contributed by atoms with Gasteiger partial charge in [-0.3, -0.25) is 4.79 Å². The maximum Gasteiger partial charge on any atom is 0.258 e. The van der Waals surface area contributed by atoms with E-state index in [2.05, 4.69) is 5.32 Å². The number of hydrogen-bond acceptors (Lipinski definition) is 3. The molecule has 0 spiro atoms. The lowest BCUT2D eigenvalue weighted by molar-refractivity contribution is -0.123. The summed E-state index contributed by atoms with van der Waals surface area (Å²) in [6.07, 6.45) is 1.57. The summed E-state index contributed by atoms with van der Waals surface area (Å²) in [5.41, 5.74) is 0.912. The summed E-state index contributed by atoms with van der Waals surface area (Å²) in [6.45, 7) is -0.175. The van der Waals surface area contributed by atoms with E-state index in [0.29, 0.717) is 21.6 Å². The van der Waals surface area contributed by atoms with Gasteiger partial charge in [-0.15, -0.1) is 0 Å². The van der Waals surface area contributed by atoms with E-state index in [1.807, 2.05) is 36.4 Å². The molecular weight excluding hydrogens is 361 g/mol. The quantitative estimate of drug-likeness (QED) is 0.668. The van der Waals surface area contributed by atoms with Gasteiger partial charge >= 0.3 is 0 Å². The summed E-state index contributed by atoms with van der Waals surface area (Å²) in [7, 11) is 0. The van der Waals surface area contributed by atoms with Crippen LogP contribution in [-0.4, -0.2) is 12.5 Å². The molecule has 0 fully saturated rings. The predicted octanol–water partition coefficient (Wildman–Crippen LogP) is 4.87. The van der Waals surface area contributed by atoms with E-state index in [0.717, 1.165) is 5.56 Å². The van der Waals surface area contributed by atoms with Crippen molar-refractivity contribution in [2.24, 2.45) is 0 Å². The average molecular weight is 376 g/mol. The molecule has 0 unspecified atom stereocenters. The van der Waals surface area contributed by atoms with Gasteiger partial charge in [0.1, 0.15) is 17.6 Å². The minimum absolute atomic E-state index is 0.175. The van der Waals surface area contributed by atoms with E-state index in [9.17, 15) is 4.79 Å². The third-order valence-electron chi connectivity index (χ3n) is 3.52. The number of halogens is 2. The topological polar surface area (TPSA) is 51.5 Å². The highest BCUT2D eigenvalue weighted by Crippen LogP contribution is 2.27. The number of carbonyl (C=O) groups excluding carboxylic acids is 1. The average Bonchev–Trinajstić information content (AvgIpc) is 3.14. The van der Waals surface area contributed by atoms with E-state index in [1.165, 1.54) is 0 Å². The van der Waals surface area contributed by atoms with Crippen molar-refractivity contribution in [1.29, 1.82) is 0 Å². The van der Waals surface area contributed by atoms with Crippen molar-refractivity contribution in [3.8, 4) is 5.75 Å². The van der Waals surface area contributed by atoms with E-state index >= 15 is 0 Å². The minimum atomic E-state index is -0.395. The molecule has 0 saturated carbocycles. The zero-order valence-corrected chi connectivity index (χ0v) is 14.6. The maximum absolute atomic E-state index is 12.3. The van der Waals surface area contributed by atoms with Gasteiger partial charge in [-0.2, -0.15) is 0 Å². The van der Waals surface area contributed by atoms with Crippen LogP contribution in [0.25, 0.3) is 0 Å². The van der Waals surface area contributed by atoms with Crippen LogP contribution in [0.15, 0.2) is 71.3 Å². The monoisotopic (exact) mass is 375 g/mol. The van der Waals surface area contributed by atoms with Gasteiger partial charge in [-0.05, 0) is 35.9 Å². The summed E-state index contributed by atoms with van der Waals surface area (Å²) in [5, 5.41) is 3.77. The van der Waals surface area contributed by atoms with Crippen LogP contribution >= 0.6 is 23.2 Å². The zero-order chi connectivity index (χ0) is 17.6. The molecule has 1 atom stereocenters. The number of amides is 1. The van der Waals surface area contributed by atoms with Gasteiger partial charge in [0.15, 0.2) is 6.61 Å². The molecule has 3 rings (SSSR count). The standard InChI is InChI=1S/C19H15Cl2NO3/c20-14-8-9-16(15(21)11-14)25-12-18(23)22-19(17-7-4-10-24-17)13-5-2-1-3-6-13/h1-11,19H,12H2,(H,22,23)/t19-/m0/s1. The van der Waals surface area contributed by atoms with Gasteiger partial charge in [0.2, 0.25) is 0 Å². The Labute approximate surface area is 155 Å². The summed E-state index contributed by atoms with van der Waals surface area (Å²) in [6, 6.07) is 17.6. The molecule has 25 heavy (non-hydrogen) atoms. The van der Waals surface area contributed by atoms with Crippen molar-refractivity contribution in [1.82, 2.24) is 5.32 Å². The van der Waals surface area contributed by atoms with Gasteiger partial charge < -0.3 is 14.5 Å². The van der Waals surface area contributed by atoms with Crippen LogP contribution in [0.1, 0.15) is 17.4 Å². The highest BCUT2D eigenvalue weighted by molar-refractivity contribution is 6.35. The highest BCUT2D eigenvalue weighted by Gasteiger charge is 2.19. The normalized spacial score (nSPS) is 11.8. The van der Waals surface area contributed by atoms with Crippen molar-refractivity contribution in [2.75, 3.05) is 6.61 Å². The van der Waals surface area contributed by atoms with Crippen molar-refractivity contribution < 1.29 is 13.9 Å². The van der Waals surface area contributed by atoms with Crippen LogP contribution in [0, 0.1) is 0 Å². The fraction of sp³-hybridized carbons (Fsp3) is 0.105. The van der Waals surface area contributed by atoms with Crippen LogP contribution in [-0.2, 0) is 4.79 Å². The van der Waals surface area contributed by atoms with E-state index < -0.39 is 6.04 Å². The van der Waals surface area contributed by atoms with Crippen LogP contribution in [0.4, 0.5) is 0 Å². The number of carbonyl (C=O) groups is 1. The summed E-state index contributed by atoms with van der Waals surface area (Å²) >= 11 is 11.9.